The molecule has 2 aromatic rings. The van der Waals surface area contributed by atoms with Gasteiger partial charge in [0.1, 0.15) is 0 Å². The molecule has 0 atom stereocenters. The summed E-state index contributed by atoms with van der Waals surface area (Å²) in [5, 5.41) is 4.65. The molecule has 1 fully saturated rings. The maximum Gasteiger partial charge on any atom is 0.248 e. The standard InChI is InChI=1S/C18H20N2O3S2/c21-18(10-9-16-7-5-13-24-16)19-15-6-4-8-17(14-15)25(22,23)20-11-2-1-3-12-20/h4-10,13-14H,1-3,11-12H2,(H,19,21). The molecule has 7 heteroatoms. The number of anilines is 1. The summed E-state index contributed by atoms with van der Waals surface area (Å²) in [6.45, 7) is 1.12. The number of thiophene rings is 1. The summed E-state index contributed by atoms with van der Waals surface area (Å²) >= 11 is 1.54. The minimum Gasteiger partial charge on any atom is -0.322 e. The third kappa shape index (κ3) is 4.56. The summed E-state index contributed by atoms with van der Waals surface area (Å²) in [4.78, 5) is 13.2. The van der Waals surface area contributed by atoms with Crippen LogP contribution >= 0.6 is 11.3 Å². The van der Waals surface area contributed by atoms with Crippen LogP contribution in [-0.2, 0) is 14.8 Å². The molecule has 1 aromatic heterocycles. The van der Waals surface area contributed by atoms with Crippen molar-refractivity contribution >= 4 is 39.0 Å². The molecule has 132 valence electrons. The summed E-state index contributed by atoms with van der Waals surface area (Å²) in [6, 6.07) is 10.3. The predicted octanol–water partition coefficient (Wildman–Crippen LogP) is 3.57. The SMILES string of the molecule is O=C(C=Cc1cccs1)Nc1cccc(S(=O)(=O)N2CCCCC2)c1. The van der Waals surface area contributed by atoms with E-state index in [0.29, 0.717) is 18.8 Å². The van der Waals surface area contributed by atoms with Crippen molar-refractivity contribution in [2.24, 2.45) is 0 Å². The number of hydrogen-bond acceptors (Lipinski definition) is 4. The number of benzene rings is 1. The molecule has 3 rings (SSSR count). The lowest BCUT2D eigenvalue weighted by atomic mass is 10.2. The zero-order valence-electron chi connectivity index (χ0n) is 13.7. The Balaban J connectivity index is 1.71. The fourth-order valence-electron chi connectivity index (χ4n) is 2.72. The molecule has 1 aliphatic rings. The van der Waals surface area contributed by atoms with E-state index in [4.69, 9.17) is 0 Å². The van der Waals surface area contributed by atoms with Crippen molar-refractivity contribution in [2.45, 2.75) is 24.2 Å². The summed E-state index contributed by atoms with van der Waals surface area (Å²) in [7, 11) is -3.50. The molecule has 0 aliphatic carbocycles. The second-order valence-corrected chi connectivity index (χ2v) is 8.75. The average Bonchev–Trinajstić information content (AvgIpc) is 3.14. The number of nitrogens with zero attached hydrogens (tertiary/aromatic N) is 1. The van der Waals surface area contributed by atoms with Gasteiger partial charge in [-0.1, -0.05) is 18.6 Å². The lowest BCUT2D eigenvalue weighted by Gasteiger charge is -2.26. The zero-order chi connectivity index (χ0) is 17.7. The van der Waals surface area contributed by atoms with Gasteiger partial charge in [0.25, 0.3) is 0 Å². The Morgan fingerprint density at radius 1 is 1.12 bits per heavy atom. The van der Waals surface area contributed by atoms with Crippen LogP contribution in [0.15, 0.2) is 52.7 Å². The van der Waals surface area contributed by atoms with Crippen LogP contribution in [0.1, 0.15) is 24.1 Å². The average molecular weight is 377 g/mol. The molecule has 1 aliphatic heterocycles. The number of amides is 1. The maximum absolute atomic E-state index is 12.7. The Bertz CT molecular complexity index is 852. The molecule has 2 heterocycles. The van der Waals surface area contributed by atoms with E-state index < -0.39 is 10.0 Å². The second-order valence-electron chi connectivity index (χ2n) is 5.83. The number of sulfonamides is 1. The Hall–Kier alpha value is -1.96. The first-order valence-electron chi connectivity index (χ1n) is 8.18. The van der Waals surface area contributed by atoms with Crippen molar-refractivity contribution in [3.8, 4) is 0 Å². The number of carbonyl (C=O) groups is 1. The summed E-state index contributed by atoms with van der Waals surface area (Å²) < 4.78 is 26.9. The molecule has 25 heavy (non-hydrogen) atoms. The van der Waals surface area contributed by atoms with Gasteiger partial charge in [0.15, 0.2) is 0 Å². The first kappa shape index (κ1) is 17.8. The van der Waals surface area contributed by atoms with Gasteiger partial charge < -0.3 is 5.32 Å². The Kier molecular flexibility index (Phi) is 5.67. The van der Waals surface area contributed by atoms with Crippen molar-refractivity contribution < 1.29 is 13.2 Å². The van der Waals surface area contributed by atoms with Gasteiger partial charge in [-0.2, -0.15) is 4.31 Å². The Morgan fingerprint density at radius 3 is 2.64 bits per heavy atom. The molecule has 0 bridgehead atoms. The van der Waals surface area contributed by atoms with Crippen LogP contribution in [0.4, 0.5) is 5.69 Å². The number of nitrogens with one attached hydrogen (secondary N) is 1. The highest BCUT2D eigenvalue weighted by Gasteiger charge is 2.25. The van der Waals surface area contributed by atoms with E-state index in [1.54, 1.807) is 35.6 Å². The van der Waals surface area contributed by atoms with E-state index >= 15 is 0 Å². The summed E-state index contributed by atoms with van der Waals surface area (Å²) in [5.41, 5.74) is 0.471. The van der Waals surface area contributed by atoms with Crippen molar-refractivity contribution in [1.82, 2.24) is 4.31 Å². The molecule has 1 amide bonds. The molecule has 0 spiro atoms. The van der Waals surface area contributed by atoms with Gasteiger partial charge in [0.05, 0.1) is 4.90 Å². The monoisotopic (exact) mass is 376 g/mol. The molecule has 0 saturated carbocycles. The quantitative estimate of drug-likeness (QED) is 0.811. The minimum atomic E-state index is -3.50. The van der Waals surface area contributed by atoms with Crippen LogP contribution in [0.2, 0.25) is 0 Å². The highest BCUT2D eigenvalue weighted by molar-refractivity contribution is 7.89. The predicted molar refractivity (Wildman–Crippen MR) is 101 cm³/mol. The summed E-state index contributed by atoms with van der Waals surface area (Å²) in [6.07, 6.45) is 6.02. The third-order valence-electron chi connectivity index (χ3n) is 4.00. The van der Waals surface area contributed by atoms with E-state index in [-0.39, 0.29) is 10.8 Å². The van der Waals surface area contributed by atoms with Crippen LogP contribution < -0.4 is 5.32 Å². The summed E-state index contributed by atoms with van der Waals surface area (Å²) in [5.74, 6) is -0.291. The second kappa shape index (κ2) is 7.95. The Morgan fingerprint density at radius 2 is 1.92 bits per heavy atom. The maximum atomic E-state index is 12.7. The van der Waals surface area contributed by atoms with E-state index in [9.17, 15) is 13.2 Å². The van der Waals surface area contributed by atoms with Gasteiger partial charge in [0, 0.05) is 29.7 Å². The fraction of sp³-hybridized carbons (Fsp3) is 0.278. The van der Waals surface area contributed by atoms with Crippen LogP contribution in [0.3, 0.4) is 0 Å². The zero-order valence-corrected chi connectivity index (χ0v) is 15.4. The van der Waals surface area contributed by atoms with Crippen molar-refractivity contribution in [3.05, 3.63) is 52.7 Å². The van der Waals surface area contributed by atoms with Crippen molar-refractivity contribution in [1.29, 1.82) is 0 Å². The normalized spacial score (nSPS) is 16.2. The molecular formula is C18H20N2O3S2. The molecule has 1 saturated heterocycles. The lowest BCUT2D eigenvalue weighted by Crippen LogP contribution is -2.35. The van der Waals surface area contributed by atoms with Gasteiger partial charge in [-0.3, -0.25) is 4.79 Å². The van der Waals surface area contributed by atoms with Crippen molar-refractivity contribution in [3.63, 3.8) is 0 Å². The van der Waals surface area contributed by atoms with Gasteiger partial charge in [-0.25, -0.2) is 8.42 Å². The Labute approximate surface area is 152 Å². The first-order valence-corrected chi connectivity index (χ1v) is 10.5. The van der Waals surface area contributed by atoms with Gasteiger partial charge in [0.2, 0.25) is 15.9 Å². The fourth-order valence-corrected chi connectivity index (χ4v) is 4.90. The number of hydrogen-bond donors (Lipinski definition) is 1. The lowest BCUT2D eigenvalue weighted by molar-refractivity contribution is -0.111. The first-order chi connectivity index (χ1) is 12.1. The van der Waals surface area contributed by atoms with E-state index in [0.717, 1.165) is 24.1 Å². The molecular weight excluding hydrogens is 356 g/mol. The van der Waals surface area contributed by atoms with Crippen LogP contribution in [0.25, 0.3) is 6.08 Å². The van der Waals surface area contributed by atoms with Crippen LogP contribution in [-0.4, -0.2) is 31.7 Å². The van der Waals surface area contributed by atoms with E-state index in [1.807, 2.05) is 17.5 Å². The molecule has 0 unspecified atom stereocenters. The van der Waals surface area contributed by atoms with E-state index in [1.165, 1.54) is 16.4 Å². The topological polar surface area (TPSA) is 66.5 Å². The third-order valence-corrected chi connectivity index (χ3v) is 6.73. The van der Waals surface area contributed by atoms with Gasteiger partial charge >= 0.3 is 0 Å². The number of piperidine rings is 1. The highest BCUT2D eigenvalue weighted by atomic mass is 32.2. The molecule has 5 nitrogen and oxygen atoms in total. The van der Waals surface area contributed by atoms with Crippen molar-refractivity contribution in [2.75, 3.05) is 18.4 Å². The van der Waals surface area contributed by atoms with E-state index in [2.05, 4.69) is 5.32 Å². The molecule has 1 aromatic carbocycles. The molecule has 1 N–H and O–H groups in total. The largest absolute Gasteiger partial charge is 0.322 e. The van der Waals surface area contributed by atoms with Crippen LogP contribution in [0.5, 0.6) is 0 Å². The smallest absolute Gasteiger partial charge is 0.248 e. The minimum absolute atomic E-state index is 0.217. The number of carbonyl (C=O) groups excluding carboxylic acids is 1. The highest BCUT2D eigenvalue weighted by Crippen LogP contribution is 2.23. The van der Waals surface area contributed by atoms with Gasteiger partial charge in [-0.05, 0) is 48.6 Å². The number of rotatable bonds is 5. The van der Waals surface area contributed by atoms with Gasteiger partial charge in [-0.15, -0.1) is 11.3 Å². The van der Waals surface area contributed by atoms with Crippen LogP contribution in [0, 0.1) is 0 Å². The molecule has 0 radical (unpaired) electrons.